The Bertz CT molecular complexity index is 331. The van der Waals surface area contributed by atoms with Crippen molar-refractivity contribution in [2.45, 2.75) is 12.6 Å². The molecule has 1 unspecified atom stereocenters. The summed E-state index contributed by atoms with van der Waals surface area (Å²) in [6, 6.07) is 1.95. The zero-order chi connectivity index (χ0) is 11.3. The molecule has 0 aromatic carbocycles. The zero-order valence-corrected chi connectivity index (χ0v) is 12.0. The van der Waals surface area contributed by atoms with Crippen molar-refractivity contribution in [3.63, 3.8) is 0 Å². The number of nitrogens with two attached hydrogens (primary N) is 1. The van der Waals surface area contributed by atoms with Crippen molar-refractivity contribution >= 4 is 45.6 Å². The first-order valence-corrected chi connectivity index (χ1v) is 6.08. The van der Waals surface area contributed by atoms with Gasteiger partial charge in [-0.1, -0.05) is 0 Å². The lowest BCUT2D eigenvalue weighted by atomic mass is 10.3. The molecule has 0 spiro atoms. The van der Waals surface area contributed by atoms with Crippen molar-refractivity contribution in [3.8, 4) is 0 Å². The molecule has 1 amide bonds. The minimum Gasteiger partial charge on any atom is -0.370 e. The van der Waals surface area contributed by atoms with Gasteiger partial charge < -0.3 is 15.8 Å². The van der Waals surface area contributed by atoms with E-state index in [0.29, 0.717) is 6.54 Å². The van der Waals surface area contributed by atoms with E-state index in [4.69, 9.17) is 10.5 Å². The minimum atomic E-state index is -0.566. The van der Waals surface area contributed by atoms with Crippen LogP contribution in [0, 0.1) is 0 Å². The Kier molecular flexibility index (Phi) is 7.96. The van der Waals surface area contributed by atoms with Crippen LogP contribution in [0.2, 0.25) is 0 Å². The quantitative estimate of drug-likeness (QED) is 0.861. The fourth-order valence-corrected chi connectivity index (χ4v) is 2.47. The fraction of sp³-hybridized carbons (Fsp3) is 0.444. The molecule has 7 heteroatoms. The summed E-state index contributed by atoms with van der Waals surface area (Å²) in [5, 5.41) is 4.72. The highest BCUT2D eigenvalue weighted by molar-refractivity contribution is 9.10. The Morgan fingerprint density at radius 1 is 1.75 bits per heavy atom. The Morgan fingerprint density at radius 2 is 2.44 bits per heavy atom. The van der Waals surface area contributed by atoms with Crippen LogP contribution in [0.1, 0.15) is 4.88 Å². The zero-order valence-electron chi connectivity index (χ0n) is 8.73. The van der Waals surface area contributed by atoms with E-state index in [1.165, 1.54) is 7.11 Å². The molecule has 1 aromatic rings. The van der Waals surface area contributed by atoms with Crippen LogP contribution in [0.4, 0.5) is 0 Å². The van der Waals surface area contributed by atoms with Crippen LogP contribution >= 0.6 is 39.7 Å². The molecule has 0 aliphatic carbocycles. The number of halogens is 2. The number of rotatable bonds is 5. The van der Waals surface area contributed by atoms with Gasteiger partial charge in [-0.2, -0.15) is 0 Å². The molecule has 1 aromatic heterocycles. The average Bonchev–Trinajstić information content (AvgIpc) is 2.63. The average molecular weight is 330 g/mol. The first-order chi connectivity index (χ1) is 7.19. The van der Waals surface area contributed by atoms with Crippen molar-refractivity contribution in [3.05, 3.63) is 20.8 Å². The van der Waals surface area contributed by atoms with Crippen LogP contribution in [0.15, 0.2) is 15.9 Å². The lowest BCUT2D eigenvalue weighted by molar-refractivity contribution is -0.130. The van der Waals surface area contributed by atoms with Crippen molar-refractivity contribution < 1.29 is 9.53 Å². The SMILES string of the molecule is COC(CN)C(=O)NCc1sccc1Br.Cl. The molecule has 3 N–H and O–H groups in total. The first kappa shape index (κ1) is 15.9. The number of hydrogen-bond donors (Lipinski definition) is 2. The third kappa shape index (κ3) is 4.39. The molecule has 92 valence electrons. The molecular formula is C9H14BrClN2O2S. The van der Waals surface area contributed by atoms with Crippen LogP contribution in [-0.2, 0) is 16.1 Å². The van der Waals surface area contributed by atoms with Crippen LogP contribution in [0.3, 0.4) is 0 Å². The summed E-state index contributed by atoms with van der Waals surface area (Å²) in [5.41, 5.74) is 5.37. The Morgan fingerprint density at radius 3 is 2.88 bits per heavy atom. The van der Waals surface area contributed by atoms with Gasteiger partial charge in [0.15, 0.2) is 0 Å². The van der Waals surface area contributed by atoms with Gasteiger partial charge in [-0.05, 0) is 27.4 Å². The number of amides is 1. The summed E-state index contributed by atoms with van der Waals surface area (Å²) in [6.45, 7) is 0.685. The van der Waals surface area contributed by atoms with Crippen LogP contribution in [-0.4, -0.2) is 25.7 Å². The Hall–Kier alpha value is -0.140. The number of ether oxygens (including phenoxy) is 1. The van der Waals surface area contributed by atoms with E-state index < -0.39 is 6.10 Å². The molecule has 0 saturated heterocycles. The topological polar surface area (TPSA) is 64.3 Å². The molecule has 16 heavy (non-hydrogen) atoms. The lowest BCUT2D eigenvalue weighted by Crippen LogP contribution is -2.40. The summed E-state index contributed by atoms with van der Waals surface area (Å²) in [6.07, 6.45) is -0.566. The van der Waals surface area contributed by atoms with Gasteiger partial charge in [0, 0.05) is 23.0 Å². The number of thiophene rings is 1. The molecule has 0 fully saturated rings. The predicted octanol–water partition coefficient (Wildman–Crippen LogP) is 1.52. The van der Waals surface area contributed by atoms with Gasteiger partial charge in [-0.15, -0.1) is 23.7 Å². The van der Waals surface area contributed by atoms with Gasteiger partial charge in [0.2, 0.25) is 0 Å². The van der Waals surface area contributed by atoms with Crippen molar-refractivity contribution in [1.29, 1.82) is 0 Å². The maximum Gasteiger partial charge on any atom is 0.250 e. The smallest absolute Gasteiger partial charge is 0.250 e. The van der Waals surface area contributed by atoms with Gasteiger partial charge in [0.25, 0.3) is 5.91 Å². The molecule has 0 aliphatic rings. The summed E-state index contributed by atoms with van der Waals surface area (Å²) >= 11 is 4.98. The van der Waals surface area contributed by atoms with E-state index in [0.717, 1.165) is 9.35 Å². The standard InChI is InChI=1S/C9H13BrN2O2S.ClH/c1-14-7(4-11)9(13)12-5-8-6(10)2-3-15-8;/h2-3,7H,4-5,11H2,1H3,(H,12,13);1H. The minimum absolute atomic E-state index is 0. The molecule has 0 radical (unpaired) electrons. The number of hydrogen-bond acceptors (Lipinski definition) is 4. The largest absolute Gasteiger partial charge is 0.370 e. The second kappa shape index (κ2) is 8.03. The molecule has 0 saturated carbocycles. The second-order valence-corrected chi connectivity index (χ2v) is 4.72. The third-order valence-electron chi connectivity index (χ3n) is 1.91. The lowest BCUT2D eigenvalue weighted by Gasteiger charge is -2.12. The van der Waals surface area contributed by atoms with Gasteiger partial charge in [-0.3, -0.25) is 4.79 Å². The van der Waals surface area contributed by atoms with Crippen molar-refractivity contribution in [1.82, 2.24) is 5.32 Å². The maximum atomic E-state index is 11.5. The van der Waals surface area contributed by atoms with Crippen LogP contribution in [0.5, 0.6) is 0 Å². The van der Waals surface area contributed by atoms with E-state index >= 15 is 0 Å². The normalized spacial score (nSPS) is 11.7. The van der Waals surface area contributed by atoms with Crippen LogP contribution < -0.4 is 11.1 Å². The Balaban J connectivity index is 0.00000225. The molecule has 1 rings (SSSR count). The van der Waals surface area contributed by atoms with Gasteiger partial charge in [0.1, 0.15) is 6.10 Å². The molecule has 1 heterocycles. The highest BCUT2D eigenvalue weighted by atomic mass is 79.9. The van der Waals surface area contributed by atoms with Crippen molar-refractivity contribution in [2.75, 3.05) is 13.7 Å². The Labute approximate surface area is 113 Å². The predicted molar refractivity (Wildman–Crippen MR) is 71.0 cm³/mol. The highest BCUT2D eigenvalue weighted by Crippen LogP contribution is 2.22. The monoisotopic (exact) mass is 328 g/mol. The summed E-state index contributed by atoms with van der Waals surface area (Å²) < 4.78 is 5.92. The summed E-state index contributed by atoms with van der Waals surface area (Å²) in [5.74, 6) is -0.180. The van der Waals surface area contributed by atoms with E-state index in [1.807, 2.05) is 11.4 Å². The van der Waals surface area contributed by atoms with E-state index in [9.17, 15) is 4.79 Å². The first-order valence-electron chi connectivity index (χ1n) is 4.41. The number of nitrogens with one attached hydrogen (secondary N) is 1. The number of carbonyl (C=O) groups excluding carboxylic acids is 1. The second-order valence-electron chi connectivity index (χ2n) is 2.87. The molecule has 4 nitrogen and oxygen atoms in total. The van der Waals surface area contributed by atoms with E-state index in [1.54, 1.807) is 11.3 Å². The number of methoxy groups -OCH3 is 1. The van der Waals surface area contributed by atoms with Gasteiger partial charge >= 0.3 is 0 Å². The highest BCUT2D eigenvalue weighted by Gasteiger charge is 2.15. The molecule has 0 aliphatic heterocycles. The summed E-state index contributed by atoms with van der Waals surface area (Å²) in [7, 11) is 1.47. The van der Waals surface area contributed by atoms with E-state index in [-0.39, 0.29) is 24.9 Å². The fourth-order valence-electron chi connectivity index (χ4n) is 1.04. The van der Waals surface area contributed by atoms with Gasteiger partial charge in [0.05, 0.1) is 6.54 Å². The molecular weight excluding hydrogens is 316 g/mol. The maximum absolute atomic E-state index is 11.5. The number of carbonyl (C=O) groups is 1. The third-order valence-corrected chi connectivity index (χ3v) is 3.83. The van der Waals surface area contributed by atoms with Crippen LogP contribution in [0.25, 0.3) is 0 Å². The summed E-state index contributed by atoms with van der Waals surface area (Å²) in [4.78, 5) is 12.6. The van der Waals surface area contributed by atoms with Crippen molar-refractivity contribution in [2.24, 2.45) is 5.73 Å². The van der Waals surface area contributed by atoms with Gasteiger partial charge in [-0.25, -0.2) is 0 Å². The van der Waals surface area contributed by atoms with E-state index in [2.05, 4.69) is 21.2 Å². The molecule has 1 atom stereocenters. The molecule has 0 bridgehead atoms.